The summed E-state index contributed by atoms with van der Waals surface area (Å²) in [5.41, 5.74) is -0.632. The predicted molar refractivity (Wildman–Crippen MR) is 109 cm³/mol. The maximum absolute atomic E-state index is 13.7. The van der Waals surface area contributed by atoms with Crippen LogP contribution in [-0.4, -0.2) is 52.6 Å². The van der Waals surface area contributed by atoms with Gasteiger partial charge in [0.1, 0.15) is 11.4 Å². The number of halogens is 5. The average Bonchev–Trinajstić information content (AvgIpc) is 2.73. The molecule has 1 aromatic carbocycles. The molecule has 4 rings (SSSR count). The van der Waals surface area contributed by atoms with Crippen LogP contribution >= 0.6 is 0 Å². The molecule has 3 heterocycles. The fourth-order valence-corrected chi connectivity index (χ4v) is 3.91. The summed E-state index contributed by atoms with van der Waals surface area (Å²) >= 11 is 0. The molecule has 1 atom stereocenters. The van der Waals surface area contributed by atoms with Crippen molar-refractivity contribution in [2.45, 2.75) is 31.7 Å². The van der Waals surface area contributed by atoms with Gasteiger partial charge in [-0.2, -0.15) is 0 Å². The fourth-order valence-electron chi connectivity index (χ4n) is 3.91. The topological polar surface area (TPSA) is 63.2 Å². The smallest absolute Gasteiger partial charge is 0.406 e. The van der Waals surface area contributed by atoms with Crippen molar-refractivity contribution >= 4 is 16.6 Å². The Morgan fingerprint density at radius 3 is 2.69 bits per heavy atom. The number of piperidine rings is 1. The minimum atomic E-state index is -4.96. The summed E-state index contributed by atoms with van der Waals surface area (Å²) in [4.78, 5) is 6.29. The first-order valence-corrected chi connectivity index (χ1v) is 9.95. The van der Waals surface area contributed by atoms with Gasteiger partial charge < -0.3 is 15.0 Å². The zero-order chi connectivity index (χ0) is 22.9. The molecular formula is C21H20F5N5O. The van der Waals surface area contributed by atoms with E-state index in [1.165, 1.54) is 12.4 Å². The summed E-state index contributed by atoms with van der Waals surface area (Å²) in [6.45, 7) is 1.80. The third-order valence-corrected chi connectivity index (χ3v) is 5.30. The van der Waals surface area contributed by atoms with Crippen molar-refractivity contribution in [3.05, 3.63) is 42.2 Å². The molecule has 170 valence electrons. The number of hydrogen-bond acceptors (Lipinski definition) is 6. The number of likely N-dealkylation sites (N-methyl/N-ethyl adjacent to an activating group) is 1. The van der Waals surface area contributed by atoms with E-state index in [1.807, 2.05) is 7.05 Å². The molecule has 0 unspecified atom stereocenters. The van der Waals surface area contributed by atoms with Crippen LogP contribution in [0.2, 0.25) is 0 Å². The molecular weight excluding hydrogens is 433 g/mol. The molecule has 0 aliphatic carbocycles. The van der Waals surface area contributed by atoms with Crippen LogP contribution in [0.25, 0.3) is 22.0 Å². The van der Waals surface area contributed by atoms with Crippen LogP contribution in [0.5, 0.6) is 5.75 Å². The number of nitrogens with zero attached hydrogens (tertiary/aromatic N) is 4. The number of alkyl halides is 5. The Kier molecular flexibility index (Phi) is 6.09. The highest BCUT2D eigenvalue weighted by atomic mass is 19.4. The first-order chi connectivity index (χ1) is 15.2. The zero-order valence-electron chi connectivity index (χ0n) is 17.0. The van der Waals surface area contributed by atoms with E-state index in [2.05, 4.69) is 30.1 Å². The van der Waals surface area contributed by atoms with Gasteiger partial charge in [0.05, 0.1) is 0 Å². The van der Waals surface area contributed by atoms with Gasteiger partial charge >= 0.3 is 6.36 Å². The standard InChI is InChI=1S/C21H20F5N5O/c1-31-8-2-3-12(11-31)28-20-17-10-27-7-6-14(17)18(29-30-20)16-9-13(32-21(24,25)26)4-5-15(16)19(22)23/h4-7,9-10,12,19H,2-3,8,11H2,1H3,(H,28,30)/t12-/m1/s1. The van der Waals surface area contributed by atoms with E-state index in [-0.39, 0.29) is 17.3 Å². The Balaban J connectivity index is 1.79. The van der Waals surface area contributed by atoms with E-state index in [9.17, 15) is 22.0 Å². The summed E-state index contributed by atoms with van der Waals surface area (Å²) in [6.07, 6.45) is -2.95. The first kappa shape index (κ1) is 22.1. The molecule has 3 aromatic rings. The molecule has 1 N–H and O–H groups in total. The van der Waals surface area contributed by atoms with Gasteiger partial charge in [0.25, 0.3) is 6.43 Å². The lowest BCUT2D eigenvalue weighted by molar-refractivity contribution is -0.274. The van der Waals surface area contributed by atoms with Gasteiger partial charge in [-0.25, -0.2) is 8.78 Å². The van der Waals surface area contributed by atoms with Crippen LogP contribution in [0.3, 0.4) is 0 Å². The third kappa shape index (κ3) is 4.87. The Hall–Kier alpha value is -3.08. The number of rotatable bonds is 5. The highest BCUT2D eigenvalue weighted by molar-refractivity contribution is 6.00. The SMILES string of the molecule is CN1CCC[C@@H](Nc2nnc(-c3cc(OC(F)(F)F)ccc3C(F)F)c3ccncc23)C1. The van der Waals surface area contributed by atoms with Gasteiger partial charge in [-0.15, -0.1) is 23.4 Å². The quantitative estimate of drug-likeness (QED) is 0.547. The monoisotopic (exact) mass is 453 g/mol. The van der Waals surface area contributed by atoms with E-state index >= 15 is 0 Å². The number of anilines is 1. The summed E-state index contributed by atoms with van der Waals surface area (Å²) in [5, 5.41) is 12.6. The number of hydrogen-bond donors (Lipinski definition) is 1. The van der Waals surface area contributed by atoms with Crippen molar-refractivity contribution in [2.24, 2.45) is 0 Å². The number of benzene rings is 1. The minimum absolute atomic E-state index is 0.0247. The van der Waals surface area contributed by atoms with Gasteiger partial charge in [0.15, 0.2) is 5.82 Å². The molecule has 0 bridgehead atoms. The maximum atomic E-state index is 13.7. The second kappa shape index (κ2) is 8.81. The number of ether oxygens (including phenoxy) is 1. The summed E-state index contributed by atoms with van der Waals surface area (Å²) in [6, 6.07) is 4.36. The zero-order valence-corrected chi connectivity index (χ0v) is 17.0. The Morgan fingerprint density at radius 2 is 1.97 bits per heavy atom. The molecule has 32 heavy (non-hydrogen) atoms. The summed E-state index contributed by atoms with van der Waals surface area (Å²) in [5.74, 6) is -0.174. The molecule has 0 saturated carbocycles. The normalized spacial score (nSPS) is 17.7. The second-order valence-electron chi connectivity index (χ2n) is 7.66. The van der Waals surface area contributed by atoms with Crippen LogP contribution < -0.4 is 10.1 Å². The van der Waals surface area contributed by atoms with Crippen molar-refractivity contribution < 1.29 is 26.7 Å². The van der Waals surface area contributed by atoms with E-state index < -0.39 is 24.1 Å². The highest BCUT2D eigenvalue weighted by Crippen LogP contribution is 2.38. The Morgan fingerprint density at radius 1 is 1.16 bits per heavy atom. The van der Waals surface area contributed by atoms with Crippen molar-refractivity contribution in [1.82, 2.24) is 20.1 Å². The van der Waals surface area contributed by atoms with Gasteiger partial charge in [-0.1, -0.05) is 0 Å². The van der Waals surface area contributed by atoms with Crippen LogP contribution in [0.15, 0.2) is 36.7 Å². The van der Waals surface area contributed by atoms with Gasteiger partial charge in [-0.3, -0.25) is 4.98 Å². The molecule has 1 saturated heterocycles. The second-order valence-corrected chi connectivity index (χ2v) is 7.66. The Labute approximate surface area is 180 Å². The van der Waals surface area contributed by atoms with E-state index in [4.69, 9.17) is 0 Å². The van der Waals surface area contributed by atoms with Crippen molar-refractivity contribution in [1.29, 1.82) is 0 Å². The third-order valence-electron chi connectivity index (χ3n) is 5.30. The maximum Gasteiger partial charge on any atom is 0.573 e. The van der Waals surface area contributed by atoms with Gasteiger partial charge in [0.2, 0.25) is 0 Å². The number of likely N-dealkylation sites (tertiary alicyclic amines) is 1. The molecule has 0 amide bonds. The lowest BCUT2D eigenvalue weighted by Gasteiger charge is -2.30. The lowest BCUT2D eigenvalue weighted by atomic mass is 10.00. The number of nitrogens with one attached hydrogen (secondary N) is 1. The summed E-state index contributed by atoms with van der Waals surface area (Å²) in [7, 11) is 2.02. The summed E-state index contributed by atoms with van der Waals surface area (Å²) < 4.78 is 69.3. The van der Waals surface area contributed by atoms with Crippen molar-refractivity contribution in [3.63, 3.8) is 0 Å². The minimum Gasteiger partial charge on any atom is -0.406 e. The first-order valence-electron chi connectivity index (χ1n) is 9.95. The Bertz CT molecular complexity index is 1110. The van der Waals surface area contributed by atoms with Gasteiger partial charge in [0, 0.05) is 46.9 Å². The molecule has 0 spiro atoms. The van der Waals surface area contributed by atoms with Crippen LogP contribution in [-0.2, 0) is 0 Å². The van der Waals surface area contributed by atoms with Crippen LogP contribution in [0, 0.1) is 0 Å². The fraction of sp³-hybridized carbons (Fsp3) is 0.381. The largest absolute Gasteiger partial charge is 0.573 e. The lowest BCUT2D eigenvalue weighted by Crippen LogP contribution is -2.40. The highest BCUT2D eigenvalue weighted by Gasteiger charge is 2.32. The number of pyridine rings is 1. The molecule has 1 aliphatic heterocycles. The van der Waals surface area contributed by atoms with E-state index in [1.54, 1.807) is 6.07 Å². The predicted octanol–water partition coefficient (Wildman–Crippen LogP) is 5.03. The van der Waals surface area contributed by atoms with Crippen LogP contribution in [0.4, 0.5) is 27.8 Å². The van der Waals surface area contributed by atoms with Gasteiger partial charge in [-0.05, 0) is 50.7 Å². The van der Waals surface area contributed by atoms with Crippen molar-refractivity contribution in [3.8, 4) is 17.0 Å². The molecule has 1 aliphatic rings. The van der Waals surface area contributed by atoms with E-state index in [0.717, 1.165) is 44.1 Å². The van der Waals surface area contributed by atoms with Crippen molar-refractivity contribution in [2.75, 3.05) is 25.5 Å². The number of fused-ring (bicyclic) bond motifs is 1. The molecule has 2 aromatic heterocycles. The molecule has 6 nitrogen and oxygen atoms in total. The van der Waals surface area contributed by atoms with E-state index in [0.29, 0.717) is 16.6 Å². The molecule has 11 heteroatoms. The molecule has 1 fully saturated rings. The molecule has 0 radical (unpaired) electrons. The average molecular weight is 453 g/mol. The number of aromatic nitrogens is 3. The van der Waals surface area contributed by atoms with Crippen LogP contribution in [0.1, 0.15) is 24.8 Å².